The van der Waals surface area contributed by atoms with Crippen LogP contribution in [0.3, 0.4) is 0 Å². The minimum atomic E-state index is -1.72. The van der Waals surface area contributed by atoms with Crippen LogP contribution in [0.2, 0.25) is 0 Å². The van der Waals surface area contributed by atoms with Crippen LogP contribution in [0.25, 0.3) is 0 Å². The fourth-order valence-electron chi connectivity index (χ4n) is 5.48. The summed E-state index contributed by atoms with van der Waals surface area (Å²) in [4.78, 5) is 128. The Morgan fingerprint density at radius 1 is 0.531 bits per heavy atom. The first-order chi connectivity index (χ1) is 29.6. The summed E-state index contributed by atoms with van der Waals surface area (Å²) in [6, 6.07) is -13.1. The van der Waals surface area contributed by atoms with Gasteiger partial charge in [0.1, 0.15) is 54.4 Å². The minimum Gasteiger partial charge on any atom is -0.480 e. The second kappa shape index (κ2) is 28.6. The fraction of sp³-hybridized carbons (Fsp3) is 0.737. The molecule has 0 aliphatic carbocycles. The Balaban J connectivity index is 5.70. The van der Waals surface area contributed by atoms with Gasteiger partial charge in [0.15, 0.2) is 0 Å². The number of nitrogens with two attached hydrogens (primary N) is 1. The number of aliphatic hydroxyl groups excluding tert-OH is 4. The lowest BCUT2D eigenvalue weighted by Gasteiger charge is -2.29. The highest BCUT2D eigenvalue weighted by atomic mass is 32.1. The topological polar surface area (TPSA) is 406 Å². The predicted octanol–water partition coefficient (Wildman–Crippen LogP) is -6.41. The minimum absolute atomic E-state index is 0.0639. The highest BCUT2D eigenvalue weighted by Crippen LogP contribution is 2.10. The number of carbonyl (C=O) groups is 10. The Hall–Kier alpha value is -5.15. The van der Waals surface area contributed by atoms with Gasteiger partial charge in [0.2, 0.25) is 53.2 Å². The smallest absolute Gasteiger partial charge is 0.326 e. The van der Waals surface area contributed by atoms with Crippen molar-refractivity contribution in [3.05, 3.63) is 0 Å². The lowest BCUT2D eigenvalue weighted by Crippen LogP contribution is -2.63. The van der Waals surface area contributed by atoms with Crippen LogP contribution in [0.5, 0.6) is 0 Å². The molecule has 0 fully saturated rings. The molecule has 0 aromatic heterocycles. The van der Waals surface area contributed by atoms with Gasteiger partial charge in [-0.3, -0.25) is 43.2 Å². The zero-order chi connectivity index (χ0) is 49.8. The summed E-state index contributed by atoms with van der Waals surface area (Å²) in [5, 5.41) is 69.7. The van der Waals surface area contributed by atoms with Crippen molar-refractivity contribution in [2.45, 2.75) is 148 Å². The molecule has 0 aromatic carbocycles. The summed E-state index contributed by atoms with van der Waals surface area (Å²) in [6.45, 7) is 11.3. The summed E-state index contributed by atoms with van der Waals surface area (Å²) < 4.78 is 0. The molecule has 26 heteroatoms. The quantitative estimate of drug-likeness (QED) is 0.0325. The van der Waals surface area contributed by atoms with E-state index in [0.29, 0.717) is 6.42 Å². The molecule has 16 N–H and O–H groups in total. The molecule has 0 bridgehead atoms. The maximum absolute atomic E-state index is 13.5. The molecule has 0 radical (unpaired) electrons. The normalized spacial score (nSPS) is 17.3. The molecule has 0 heterocycles. The van der Waals surface area contributed by atoms with Crippen LogP contribution in [-0.4, -0.2) is 176 Å². The number of thiol groups is 1. The number of rotatable bonds is 28. The number of carboxylic acids is 1. The molecule has 366 valence electrons. The van der Waals surface area contributed by atoms with Gasteiger partial charge in [-0.2, -0.15) is 12.6 Å². The fourth-order valence-corrected chi connectivity index (χ4v) is 5.74. The third kappa shape index (κ3) is 20.1. The van der Waals surface area contributed by atoms with E-state index in [1.54, 1.807) is 27.7 Å². The van der Waals surface area contributed by atoms with E-state index >= 15 is 0 Å². The number of aliphatic hydroxyl groups is 4. The predicted molar refractivity (Wildman–Crippen MR) is 230 cm³/mol. The average Bonchev–Trinajstić information content (AvgIpc) is 3.21. The van der Waals surface area contributed by atoms with E-state index in [1.165, 1.54) is 20.8 Å². The van der Waals surface area contributed by atoms with Crippen molar-refractivity contribution in [1.82, 2.24) is 47.9 Å². The zero-order valence-electron chi connectivity index (χ0n) is 37.5. The zero-order valence-corrected chi connectivity index (χ0v) is 38.4. The van der Waals surface area contributed by atoms with E-state index in [4.69, 9.17) is 10.8 Å². The Labute approximate surface area is 376 Å². The molecule has 0 saturated heterocycles. The van der Waals surface area contributed by atoms with Crippen molar-refractivity contribution < 1.29 is 73.5 Å². The van der Waals surface area contributed by atoms with Crippen LogP contribution in [0, 0.1) is 11.8 Å². The van der Waals surface area contributed by atoms with Crippen LogP contribution < -0.4 is 53.6 Å². The first kappa shape index (κ1) is 58.9. The molecule has 0 aliphatic heterocycles. The van der Waals surface area contributed by atoms with E-state index in [1.807, 2.05) is 0 Å². The Kier molecular flexibility index (Phi) is 26.3. The Morgan fingerprint density at radius 3 is 1.36 bits per heavy atom. The van der Waals surface area contributed by atoms with Crippen molar-refractivity contribution in [1.29, 1.82) is 0 Å². The van der Waals surface area contributed by atoms with Gasteiger partial charge in [0, 0.05) is 5.75 Å². The van der Waals surface area contributed by atoms with Crippen molar-refractivity contribution >= 4 is 71.8 Å². The van der Waals surface area contributed by atoms with E-state index in [9.17, 15) is 68.4 Å². The van der Waals surface area contributed by atoms with E-state index in [2.05, 4.69) is 60.5 Å². The van der Waals surface area contributed by atoms with E-state index in [-0.39, 0.29) is 18.1 Å². The summed E-state index contributed by atoms with van der Waals surface area (Å²) in [5.41, 5.74) is 5.45. The van der Waals surface area contributed by atoms with Gasteiger partial charge in [-0.05, 0) is 52.9 Å². The van der Waals surface area contributed by atoms with Crippen molar-refractivity contribution in [2.75, 3.05) is 18.9 Å². The molecule has 25 nitrogen and oxygen atoms in total. The molecule has 0 saturated carbocycles. The SMILES string of the molecule is CC[C@H](C)[C@H](NC(=O)[C@H](C)NC(=O)[C@@H](NC(=O)[C@@H](NC(=O)[C@@H](N)CO)[C@@H](C)O)[C@@H](C)O)C(=O)N[C@@H](CS)C(=O)N[C@@H](C)C(=O)N[C@H](C(=O)NCC(=O)N[C@@H](CC(C)C)C(=O)O)[C@@H](C)O. The number of carbonyl (C=O) groups excluding carboxylic acids is 9. The van der Waals surface area contributed by atoms with Gasteiger partial charge in [0.25, 0.3) is 0 Å². The van der Waals surface area contributed by atoms with Crippen LogP contribution in [-0.2, 0) is 47.9 Å². The first-order valence-electron chi connectivity index (χ1n) is 20.6. The summed E-state index contributed by atoms with van der Waals surface area (Å²) in [5.74, 6) is -10.8. The van der Waals surface area contributed by atoms with Crippen LogP contribution in [0.4, 0.5) is 0 Å². The largest absolute Gasteiger partial charge is 0.480 e. The summed E-state index contributed by atoms with van der Waals surface area (Å²) in [7, 11) is 0. The van der Waals surface area contributed by atoms with Crippen molar-refractivity contribution in [3.63, 3.8) is 0 Å². The van der Waals surface area contributed by atoms with Gasteiger partial charge in [-0.25, -0.2) is 4.79 Å². The van der Waals surface area contributed by atoms with Gasteiger partial charge in [-0.1, -0.05) is 34.1 Å². The van der Waals surface area contributed by atoms with Crippen molar-refractivity contribution in [2.24, 2.45) is 17.6 Å². The van der Waals surface area contributed by atoms with Gasteiger partial charge < -0.3 is 79.1 Å². The lowest BCUT2D eigenvalue weighted by molar-refractivity contribution is -0.142. The molecule has 13 atom stereocenters. The van der Waals surface area contributed by atoms with Crippen LogP contribution in [0.15, 0.2) is 0 Å². The maximum atomic E-state index is 13.5. The van der Waals surface area contributed by atoms with Gasteiger partial charge in [0.05, 0.1) is 31.5 Å². The maximum Gasteiger partial charge on any atom is 0.326 e. The molecule has 0 spiro atoms. The number of amides is 9. The molecule has 9 amide bonds. The molecule has 0 unspecified atom stereocenters. The highest BCUT2D eigenvalue weighted by Gasteiger charge is 2.36. The van der Waals surface area contributed by atoms with Crippen LogP contribution >= 0.6 is 12.6 Å². The second-order valence-electron chi connectivity index (χ2n) is 15.9. The molecular formula is C38H68N10O15S. The van der Waals surface area contributed by atoms with E-state index in [0.717, 1.165) is 13.8 Å². The van der Waals surface area contributed by atoms with Gasteiger partial charge in [-0.15, -0.1) is 0 Å². The Morgan fingerprint density at radius 2 is 0.938 bits per heavy atom. The van der Waals surface area contributed by atoms with Crippen LogP contribution in [0.1, 0.15) is 75.2 Å². The Bertz CT molecular complexity index is 1640. The molecular weight excluding hydrogens is 869 g/mol. The summed E-state index contributed by atoms with van der Waals surface area (Å²) >= 11 is 4.13. The molecule has 64 heavy (non-hydrogen) atoms. The standard InChI is InChI=1S/C38H68N10O15S/c1-10-16(4)26(45-30(54)18(6)42-36(60)28(20(8)51)48-37(61)29(21(9)52)47-32(56)22(39)13-49)35(59)44-24(14-64)33(57)41-17(5)31(55)46-27(19(7)50)34(58)40-12-25(53)43-23(38(62)63)11-15(2)3/h15-24,26-29,49-52,64H,10-14,39H2,1-9H3,(H,40,58)(H,41,57)(H,42,60)(H,43,53)(H,44,59)(H,45,54)(H,46,55)(H,47,56)(H,48,61)(H,62,63)/t16-,17-,18-,19+,20+,21+,22-,23-,24-,26-,27-,28-,29-/m0/s1. The molecule has 0 rings (SSSR count). The number of carboxylic acid groups (broad SMARTS) is 1. The highest BCUT2D eigenvalue weighted by molar-refractivity contribution is 7.80. The second-order valence-corrected chi connectivity index (χ2v) is 16.2. The number of hydrogen-bond acceptors (Lipinski definition) is 16. The third-order valence-corrected chi connectivity index (χ3v) is 9.96. The first-order valence-corrected chi connectivity index (χ1v) is 21.2. The third-order valence-electron chi connectivity index (χ3n) is 9.60. The number of nitrogens with one attached hydrogen (secondary N) is 9. The molecule has 0 aromatic rings. The monoisotopic (exact) mass is 936 g/mol. The molecule has 0 aliphatic rings. The lowest BCUT2D eigenvalue weighted by atomic mass is 9.97. The van der Waals surface area contributed by atoms with Gasteiger partial charge >= 0.3 is 5.97 Å². The van der Waals surface area contributed by atoms with Crippen molar-refractivity contribution in [3.8, 4) is 0 Å². The number of hydrogen-bond donors (Lipinski definition) is 16. The summed E-state index contributed by atoms with van der Waals surface area (Å²) in [6.07, 6.45) is -4.12. The van der Waals surface area contributed by atoms with E-state index < -0.39 is 151 Å². The average molecular weight is 937 g/mol. The number of aliphatic carboxylic acids is 1.